The van der Waals surface area contributed by atoms with Crippen LogP contribution in [0.25, 0.3) is 0 Å². The summed E-state index contributed by atoms with van der Waals surface area (Å²) >= 11 is 8.09. The number of halogens is 1. The molecule has 0 spiro atoms. The highest BCUT2D eigenvalue weighted by Gasteiger charge is 2.36. The molecule has 1 fully saturated rings. The van der Waals surface area contributed by atoms with Crippen molar-refractivity contribution in [2.75, 3.05) is 0 Å². The van der Waals surface area contributed by atoms with E-state index < -0.39 is 16.1 Å². The third-order valence-corrected chi connectivity index (χ3v) is 4.77. The van der Waals surface area contributed by atoms with E-state index in [1.165, 1.54) is 18.5 Å². The molecule has 1 heterocycles. The predicted molar refractivity (Wildman–Crippen MR) is 75.6 cm³/mol. The Balaban J connectivity index is 2.23. The fourth-order valence-corrected chi connectivity index (χ4v) is 3.70. The summed E-state index contributed by atoms with van der Waals surface area (Å²) in [4.78, 5) is 4.11. The maximum atomic E-state index is 12.1. The molecule has 0 amide bonds. The van der Waals surface area contributed by atoms with E-state index in [1.54, 1.807) is 0 Å². The second-order valence-electron chi connectivity index (χ2n) is 4.18. The Hall–Kier alpha value is -0.570. The summed E-state index contributed by atoms with van der Waals surface area (Å²) in [5.74, 6) is 0.220. The molecule has 5 nitrogen and oxygen atoms in total. The normalized spacial score (nSPS) is 17.4. The smallest absolute Gasteiger partial charge is 0.242 e. The van der Waals surface area contributed by atoms with E-state index >= 15 is 0 Å². The second-order valence-corrected chi connectivity index (χ2v) is 7.28. The van der Waals surface area contributed by atoms with Crippen molar-refractivity contribution >= 4 is 43.2 Å². The molecule has 0 saturated heterocycles. The molecule has 0 aliphatic heterocycles. The number of nitrogens with zero attached hydrogens (tertiary/aromatic N) is 1. The minimum Gasteiger partial charge on any atom is -0.392 e. The first kappa shape index (κ1) is 13.9. The van der Waals surface area contributed by atoms with Crippen LogP contribution in [-0.2, 0) is 10.0 Å². The van der Waals surface area contributed by atoms with Crippen molar-refractivity contribution in [2.45, 2.75) is 23.8 Å². The van der Waals surface area contributed by atoms with Crippen LogP contribution in [0.4, 0.5) is 0 Å². The molecule has 0 radical (unpaired) electrons. The van der Waals surface area contributed by atoms with Crippen LogP contribution >= 0.6 is 28.1 Å². The van der Waals surface area contributed by atoms with Crippen LogP contribution in [-0.4, -0.2) is 24.4 Å². The molecule has 1 aliphatic carbocycles. The quantitative estimate of drug-likeness (QED) is 0.779. The van der Waals surface area contributed by atoms with E-state index in [9.17, 15) is 8.42 Å². The fraction of sp³-hybridized carbons (Fsp3) is 0.400. The fourth-order valence-electron chi connectivity index (χ4n) is 1.59. The zero-order valence-corrected chi connectivity index (χ0v) is 12.6. The first-order valence-corrected chi connectivity index (χ1v) is 8.01. The standard InChI is InChI=1S/C10H12BrN3O2S2/c11-7-3-8(5-13-4-7)18(15,16)14-9(10(12)17)6-1-2-6/h3-6,9,14H,1-2H2,(H2,12,17). The number of hydrogen-bond donors (Lipinski definition) is 2. The van der Waals surface area contributed by atoms with Crippen molar-refractivity contribution in [1.29, 1.82) is 0 Å². The van der Waals surface area contributed by atoms with Gasteiger partial charge in [0.05, 0.1) is 11.0 Å². The number of hydrogen-bond acceptors (Lipinski definition) is 4. The lowest BCUT2D eigenvalue weighted by atomic mass is 10.2. The third kappa shape index (κ3) is 3.25. The maximum absolute atomic E-state index is 12.1. The SMILES string of the molecule is NC(=S)C(NS(=O)(=O)c1cncc(Br)c1)C1CC1. The van der Waals surface area contributed by atoms with Gasteiger partial charge in [0.25, 0.3) is 0 Å². The molecule has 8 heteroatoms. The number of thiocarbonyl (C=S) groups is 1. The molecule has 18 heavy (non-hydrogen) atoms. The van der Waals surface area contributed by atoms with Crippen LogP contribution in [0, 0.1) is 5.92 Å². The van der Waals surface area contributed by atoms with E-state index in [-0.39, 0.29) is 15.8 Å². The predicted octanol–water partition coefficient (Wildman–Crippen LogP) is 1.19. The van der Waals surface area contributed by atoms with Gasteiger partial charge in [-0.25, -0.2) is 13.1 Å². The van der Waals surface area contributed by atoms with Crippen LogP contribution in [0.2, 0.25) is 0 Å². The molecule has 1 atom stereocenters. The Labute approximate surface area is 119 Å². The lowest BCUT2D eigenvalue weighted by molar-refractivity contribution is 0.564. The van der Waals surface area contributed by atoms with Crippen LogP contribution in [0.15, 0.2) is 27.8 Å². The van der Waals surface area contributed by atoms with Gasteiger partial charge in [0, 0.05) is 16.9 Å². The number of nitrogens with two attached hydrogens (primary N) is 1. The molecule has 2 rings (SSSR count). The Kier molecular flexibility index (Phi) is 4.00. The van der Waals surface area contributed by atoms with Gasteiger partial charge in [-0.05, 0) is 40.8 Å². The van der Waals surface area contributed by atoms with Crippen molar-refractivity contribution in [3.05, 3.63) is 22.9 Å². The number of rotatable bonds is 5. The molecule has 1 unspecified atom stereocenters. The Morgan fingerprint density at radius 1 is 1.56 bits per heavy atom. The Morgan fingerprint density at radius 3 is 2.72 bits per heavy atom. The van der Waals surface area contributed by atoms with Gasteiger partial charge in [-0.3, -0.25) is 4.98 Å². The van der Waals surface area contributed by atoms with Gasteiger partial charge >= 0.3 is 0 Å². The second kappa shape index (κ2) is 5.20. The van der Waals surface area contributed by atoms with Crippen LogP contribution in [0.1, 0.15) is 12.8 Å². The van der Waals surface area contributed by atoms with Gasteiger partial charge in [-0.15, -0.1) is 0 Å². The van der Waals surface area contributed by atoms with Gasteiger partial charge in [-0.1, -0.05) is 12.2 Å². The number of nitrogens with one attached hydrogen (secondary N) is 1. The topological polar surface area (TPSA) is 85.1 Å². The summed E-state index contributed by atoms with van der Waals surface area (Å²) in [5.41, 5.74) is 5.57. The summed E-state index contributed by atoms with van der Waals surface area (Å²) in [6, 6.07) is 1.02. The zero-order valence-electron chi connectivity index (χ0n) is 9.34. The lowest BCUT2D eigenvalue weighted by Gasteiger charge is -2.16. The third-order valence-electron chi connectivity index (χ3n) is 2.67. The van der Waals surface area contributed by atoms with Crippen LogP contribution in [0.5, 0.6) is 0 Å². The Morgan fingerprint density at radius 2 is 2.22 bits per heavy atom. The number of pyridine rings is 1. The van der Waals surface area contributed by atoms with Crippen LogP contribution in [0.3, 0.4) is 0 Å². The van der Waals surface area contributed by atoms with Gasteiger partial charge in [0.2, 0.25) is 10.0 Å². The largest absolute Gasteiger partial charge is 0.392 e. The molecule has 3 N–H and O–H groups in total. The van der Waals surface area contributed by atoms with Crippen molar-refractivity contribution in [3.8, 4) is 0 Å². The van der Waals surface area contributed by atoms with E-state index in [0.29, 0.717) is 4.47 Å². The van der Waals surface area contributed by atoms with Crippen molar-refractivity contribution in [1.82, 2.24) is 9.71 Å². The summed E-state index contributed by atoms with van der Waals surface area (Å²) in [7, 11) is -3.64. The molecule has 1 aliphatic rings. The first-order valence-electron chi connectivity index (χ1n) is 5.32. The summed E-state index contributed by atoms with van der Waals surface area (Å²) in [6.07, 6.45) is 4.70. The van der Waals surface area contributed by atoms with E-state index in [2.05, 4.69) is 25.6 Å². The summed E-state index contributed by atoms with van der Waals surface area (Å²) < 4.78 is 27.4. The highest BCUT2D eigenvalue weighted by Crippen LogP contribution is 2.33. The molecule has 0 aromatic carbocycles. The molecule has 1 saturated carbocycles. The summed E-state index contributed by atoms with van der Waals surface area (Å²) in [5, 5.41) is 0. The van der Waals surface area contributed by atoms with Gasteiger partial charge in [0.15, 0.2) is 0 Å². The lowest BCUT2D eigenvalue weighted by Crippen LogP contribution is -2.44. The number of aromatic nitrogens is 1. The highest BCUT2D eigenvalue weighted by molar-refractivity contribution is 9.10. The first-order chi connectivity index (χ1) is 8.40. The van der Waals surface area contributed by atoms with Gasteiger partial charge in [0.1, 0.15) is 4.90 Å². The molecule has 98 valence electrons. The van der Waals surface area contributed by atoms with Crippen molar-refractivity contribution in [2.24, 2.45) is 11.7 Å². The molecule has 0 bridgehead atoms. The van der Waals surface area contributed by atoms with Gasteiger partial charge in [-0.2, -0.15) is 0 Å². The van der Waals surface area contributed by atoms with Crippen LogP contribution < -0.4 is 10.5 Å². The average Bonchev–Trinajstić information content (AvgIpc) is 3.09. The maximum Gasteiger partial charge on any atom is 0.242 e. The number of sulfonamides is 1. The molecule has 1 aromatic heterocycles. The van der Waals surface area contributed by atoms with Crippen molar-refractivity contribution in [3.63, 3.8) is 0 Å². The highest BCUT2D eigenvalue weighted by atomic mass is 79.9. The Bertz CT molecular complexity index is 572. The zero-order chi connectivity index (χ0) is 13.3. The van der Waals surface area contributed by atoms with E-state index in [4.69, 9.17) is 18.0 Å². The van der Waals surface area contributed by atoms with E-state index in [0.717, 1.165) is 12.8 Å². The molecular weight excluding hydrogens is 338 g/mol. The van der Waals surface area contributed by atoms with Gasteiger partial charge < -0.3 is 5.73 Å². The minimum absolute atomic E-state index is 0.0961. The van der Waals surface area contributed by atoms with Crippen molar-refractivity contribution < 1.29 is 8.42 Å². The minimum atomic E-state index is -3.64. The average molecular weight is 350 g/mol. The monoisotopic (exact) mass is 349 g/mol. The summed E-state index contributed by atoms with van der Waals surface area (Å²) in [6.45, 7) is 0. The van der Waals surface area contributed by atoms with E-state index in [1.807, 2.05) is 0 Å². The molecule has 1 aromatic rings. The molecular formula is C10H12BrN3O2S2.